The van der Waals surface area contributed by atoms with Crippen LogP contribution in [0, 0.1) is 10.1 Å². The SMILES string of the molecule is CC(=O)Nc1ccc(C2=NC(=Cc3ccc(N(C)C)c([N+](=O)[O-])c3)C(=O)O2)cc1. The Kier molecular flexibility index (Phi) is 5.40. The summed E-state index contributed by atoms with van der Waals surface area (Å²) in [6, 6.07) is 11.3. The van der Waals surface area contributed by atoms with Crippen molar-refractivity contribution in [2.75, 3.05) is 24.3 Å². The molecule has 0 saturated carbocycles. The van der Waals surface area contributed by atoms with E-state index in [0.29, 0.717) is 22.5 Å². The van der Waals surface area contributed by atoms with Gasteiger partial charge in [0.2, 0.25) is 11.8 Å². The van der Waals surface area contributed by atoms with Crippen molar-refractivity contribution >= 4 is 40.9 Å². The van der Waals surface area contributed by atoms with Crippen LogP contribution in [0.15, 0.2) is 53.2 Å². The van der Waals surface area contributed by atoms with Gasteiger partial charge in [-0.2, -0.15) is 0 Å². The zero-order chi connectivity index (χ0) is 21.1. The molecule has 0 radical (unpaired) electrons. The van der Waals surface area contributed by atoms with E-state index in [-0.39, 0.29) is 23.2 Å². The molecule has 0 bridgehead atoms. The van der Waals surface area contributed by atoms with Crippen molar-refractivity contribution in [1.29, 1.82) is 0 Å². The number of amides is 1. The summed E-state index contributed by atoms with van der Waals surface area (Å²) in [5, 5.41) is 14.0. The fraction of sp³-hybridized carbons (Fsp3) is 0.150. The van der Waals surface area contributed by atoms with Crippen molar-refractivity contribution in [3.63, 3.8) is 0 Å². The molecule has 2 aromatic carbocycles. The summed E-state index contributed by atoms with van der Waals surface area (Å²) < 4.78 is 5.21. The third kappa shape index (κ3) is 4.46. The molecule has 2 aromatic rings. The van der Waals surface area contributed by atoms with E-state index in [4.69, 9.17) is 4.74 Å². The first kappa shape index (κ1) is 19.7. The quantitative estimate of drug-likeness (QED) is 0.361. The Morgan fingerprint density at radius 1 is 1.21 bits per heavy atom. The zero-order valence-electron chi connectivity index (χ0n) is 16.0. The highest BCUT2D eigenvalue weighted by Gasteiger charge is 2.25. The maximum atomic E-state index is 12.2. The molecule has 0 saturated heterocycles. The fourth-order valence-corrected chi connectivity index (χ4v) is 2.74. The van der Waals surface area contributed by atoms with Crippen LogP contribution in [0.3, 0.4) is 0 Å². The zero-order valence-corrected chi connectivity index (χ0v) is 16.0. The number of benzene rings is 2. The second kappa shape index (κ2) is 7.93. The first-order valence-electron chi connectivity index (χ1n) is 8.61. The highest BCUT2D eigenvalue weighted by Crippen LogP contribution is 2.29. The predicted octanol–water partition coefficient (Wildman–Crippen LogP) is 2.96. The van der Waals surface area contributed by atoms with Gasteiger partial charge in [0.05, 0.1) is 4.92 Å². The lowest BCUT2D eigenvalue weighted by Crippen LogP contribution is -2.11. The maximum absolute atomic E-state index is 12.2. The molecular formula is C20H18N4O5. The van der Waals surface area contributed by atoms with E-state index in [9.17, 15) is 19.7 Å². The molecule has 1 N–H and O–H groups in total. The smallest absolute Gasteiger partial charge is 0.363 e. The van der Waals surface area contributed by atoms with Crippen molar-refractivity contribution in [3.05, 3.63) is 69.4 Å². The Morgan fingerprint density at radius 2 is 1.90 bits per heavy atom. The standard InChI is InChI=1S/C20H18N4O5/c1-12(25)21-15-7-5-14(6-8-15)19-22-16(20(26)29-19)10-13-4-9-17(23(2)3)18(11-13)24(27)28/h4-11H,1-3H3,(H,21,25). The molecule has 29 heavy (non-hydrogen) atoms. The third-order valence-electron chi connectivity index (χ3n) is 4.05. The summed E-state index contributed by atoms with van der Waals surface area (Å²) >= 11 is 0. The topological polar surface area (TPSA) is 114 Å². The Labute approximate surface area is 166 Å². The maximum Gasteiger partial charge on any atom is 0.363 e. The Hall–Kier alpha value is -4.01. The molecule has 1 aliphatic heterocycles. The average molecular weight is 394 g/mol. The van der Waals surface area contributed by atoms with Gasteiger partial charge in [0.15, 0.2) is 5.70 Å². The summed E-state index contributed by atoms with van der Waals surface area (Å²) in [6.45, 7) is 1.41. The van der Waals surface area contributed by atoms with Gasteiger partial charge in [-0.15, -0.1) is 0 Å². The van der Waals surface area contributed by atoms with E-state index in [1.165, 1.54) is 19.1 Å². The van der Waals surface area contributed by atoms with Gasteiger partial charge in [0, 0.05) is 38.3 Å². The van der Waals surface area contributed by atoms with Crippen LogP contribution in [0.25, 0.3) is 6.08 Å². The van der Waals surface area contributed by atoms with Gasteiger partial charge in [0.25, 0.3) is 5.69 Å². The van der Waals surface area contributed by atoms with Crippen molar-refractivity contribution in [3.8, 4) is 0 Å². The minimum absolute atomic E-state index is 0.0397. The number of hydrogen-bond donors (Lipinski definition) is 1. The highest BCUT2D eigenvalue weighted by atomic mass is 16.6. The van der Waals surface area contributed by atoms with Gasteiger partial charge in [0.1, 0.15) is 5.69 Å². The van der Waals surface area contributed by atoms with E-state index < -0.39 is 10.9 Å². The summed E-state index contributed by atoms with van der Waals surface area (Å²) in [5.41, 5.74) is 2.04. The number of anilines is 2. The van der Waals surface area contributed by atoms with Crippen molar-refractivity contribution < 1.29 is 19.2 Å². The van der Waals surface area contributed by atoms with Gasteiger partial charge < -0.3 is 15.0 Å². The number of hydrogen-bond acceptors (Lipinski definition) is 7. The molecule has 1 heterocycles. The number of esters is 1. The summed E-state index contributed by atoms with van der Waals surface area (Å²) in [6.07, 6.45) is 1.44. The second-order valence-electron chi connectivity index (χ2n) is 6.49. The molecule has 0 spiro atoms. The molecule has 9 nitrogen and oxygen atoms in total. The number of nitrogens with one attached hydrogen (secondary N) is 1. The lowest BCUT2D eigenvalue weighted by atomic mass is 10.1. The molecule has 0 atom stereocenters. The lowest BCUT2D eigenvalue weighted by Gasteiger charge is -2.12. The third-order valence-corrected chi connectivity index (χ3v) is 4.05. The van der Waals surface area contributed by atoms with Crippen LogP contribution in [0.2, 0.25) is 0 Å². The van der Waals surface area contributed by atoms with Crippen LogP contribution in [-0.2, 0) is 14.3 Å². The number of ether oxygens (including phenoxy) is 1. The Balaban J connectivity index is 1.89. The highest BCUT2D eigenvalue weighted by molar-refractivity contribution is 6.13. The number of aliphatic imine (C=N–C) groups is 1. The molecule has 9 heteroatoms. The van der Waals surface area contributed by atoms with Crippen LogP contribution < -0.4 is 10.2 Å². The molecule has 0 aromatic heterocycles. The van der Waals surface area contributed by atoms with Gasteiger partial charge in [-0.1, -0.05) is 6.07 Å². The molecule has 0 aliphatic carbocycles. The summed E-state index contributed by atoms with van der Waals surface area (Å²) in [7, 11) is 3.42. The number of cyclic esters (lactones) is 1. The van der Waals surface area contributed by atoms with Crippen LogP contribution in [0.1, 0.15) is 18.1 Å². The molecule has 1 aliphatic rings. The van der Waals surface area contributed by atoms with E-state index >= 15 is 0 Å². The number of rotatable bonds is 5. The molecule has 0 unspecified atom stereocenters. The number of nitro benzene ring substituents is 1. The fourth-order valence-electron chi connectivity index (χ4n) is 2.74. The molecule has 0 fully saturated rings. The van der Waals surface area contributed by atoms with Crippen LogP contribution >= 0.6 is 0 Å². The van der Waals surface area contributed by atoms with Crippen LogP contribution in [0.4, 0.5) is 17.1 Å². The molecule has 1 amide bonds. The normalized spacial score (nSPS) is 14.4. The number of carbonyl (C=O) groups is 2. The largest absolute Gasteiger partial charge is 0.402 e. The van der Waals surface area contributed by atoms with E-state index in [1.54, 1.807) is 55.4 Å². The van der Waals surface area contributed by atoms with E-state index in [0.717, 1.165) is 0 Å². The van der Waals surface area contributed by atoms with Crippen molar-refractivity contribution in [1.82, 2.24) is 0 Å². The van der Waals surface area contributed by atoms with Crippen LogP contribution in [-0.4, -0.2) is 36.8 Å². The lowest BCUT2D eigenvalue weighted by molar-refractivity contribution is -0.384. The van der Waals surface area contributed by atoms with E-state index in [2.05, 4.69) is 10.3 Å². The van der Waals surface area contributed by atoms with Crippen molar-refractivity contribution in [2.24, 2.45) is 4.99 Å². The number of nitrogens with zero attached hydrogens (tertiary/aromatic N) is 3. The summed E-state index contributed by atoms with van der Waals surface area (Å²) in [5.74, 6) is -0.720. The van der Waals surface area contributed by atoms with E-state index in [1.807, 2.05) is 0 Å². The van der Waals surface area contributed by atoms with Crippen LogP contribution in [0.5, 0.6) is 0 Å². The van der Waals surface area contributed by atoms with Crippen molar-refractivity contribution in [2.45, 2.75) is 6.92 Å². The van der Waals surface area contributed by atoms with Gasteiger partial charge >= 0.3 is 5.97 Å². The molecule has 148 valence electrons. The molecular weight excluding hydrogens is 376 g/mol. The predicted molar refractivity (Wildman–Crippen MR) is 109 cm³/mol. The second-order valence-corrected chi connectivity index (χ2v) is 6.49. The Bertz CT molecular complexity index is 1060. The van der Waals surface area contributed by atoms with Gasteiger partial charge in [-0.25, -0.2) is 9.79 Å². The minimum atomic E-state index is -0.648. The molecule has 3 rings (SSSR count). The van der Waals surface area contributed by atoms with Gasteiger partial charge in [-0.3, -0.25) is 14.9 Å². The number of carbonyl (C=O) groups excluding carboxylic acids is 2. The summed E-state index contributed by atoms with van der Waals surface area (Å²) in [4.78, 5) is 39.9. The monoisotopic (exact) mass is 394 g/mol. The van der Waals surface area contributed by atoms with Gasteiger partial charge in [-0.05, 0) is 42.0 Å². The minimum Gasteiger partial charge on any atom is -0.402 e. The first-order valence-corrected chi connectivity index (χ1v) is 8.61. The first-order chi connectivity index (χ1) is 13.7. The number of nitro groups is 1. The average Bonchev–Trinajstić information content (AvgIpc) is 3.02. The Morgan fingerprint density at radius 3 is 2.48 bits per heavy atom.